The zero-order valence-corrected chi connectivity index (χ0v) is 14.8. The Balaban J connectivity index is 1.49. The van der Waals surface area contributed by atoms with E-state index >= 15 is 0 Å². The van der Waals surface area contributed by atoms with Gasteiger partial charge in [0.25, 0.3) is 0 Å². The molecule has 28 heavy (non-hydrogen) atoms. The minimum Gasteiger partial charge on any atom is -0.489 e. The Morgan fingerprint density at radius 1 is 0.964 bits per heavy atom. The molecule has 1 aliphatic heterocycles. The zero-order valence-electron chi connectivity index (χ0n) is 14.8. The van der Waals surface area contributed by atoms with Gasteiger partial charge in [0.1, 0.15) is 23.9 Å². The first-order chi connectivity index (χ1) is 13.7. The molecule has 0 N–H and O–H groups in total. The highest BCUT2D eigenvalue weighted by Gasteiger charge is 2.26. The number of hydrogen-bond acceptors (Lipinski definition) is 4. The van der Waals surface area contributed by atoms with E-state index in [-0.39, 0.29) is 12.4 Å². The van der Waals surface area contributed by atoms with Crippen molar-refractivity contribution < 1.29 is 18.8 Å². The monoisotopic (exact) mass is 373 g/mol. The van der Waals surface area contributed by atoms with Crippen LogP contribution in [0.3, 0.4) is 0 Å². The lowest BCUT2D eigenvalue weighted by Gasteiger charge is -2.07. The molecule has 4 rings (SSSR count). The van der Waals surface area contributed by atoms with Gasteiger partial charge in [-0.2, -0.15) is 0 Å². The van der Waals surface area contributed by atoms with E-state index in [0.717, 1.165) is 16.7 Å². The highest BCUT2D eigenvalue weighted by molar-refractivity contribution is 6.31. The van der Waals surface area contributed by atoms with E-state index in [4.69, 9.17) is 9.57 Å². The minimum atomic E-state index is -0.481. The summed E-state index contributed by atoms with van der Waals surface area (Å²) in [7, 11) is 0. The number of carbonyl (C=O) groups excluding carboxylic acids is 1. The number of hydrogen-bond donors (Lipinski definition) is 0. The van der Waals surface area contributed by atoms with E-state index < -0.39 is 5.97 Å². The lowest BCUT2D eigenvalue weighted by Crippen LogP contribution is -2.06. The Hall–Kier alpha value is -3.73. The summed E-state index contributed by atoms with van der Waals surface area (Å²) in [5.41, 5.74) is 3.30. The van der Waals surface area contributed by atoms with Crippen LogP contribution in [0.25, 0.3) is 6.08 Å². The quantitative estimate of drug-likeness (QED) is 0.479. The Labute approximate surface area is 161 Å². The SMILES string of the molecule is O=C1ON=C(c2ccccc2)/C1=C/c1ccc(OCc2cccc(F)c2)cc1. The summed E-state index contributed by atoms with van der Waals surface area (Å²) in [5.74, 6) is -0.120. The standard InChI is InChI=1S/C23H16FNO3/c24-19-8-4-5-17(13-19)15-27-20-11-9-16(10-12-20)14-21-22(25-28-23(21)26)18-6-2-1-3-7-18/h1-14H,15H2/b21-14-. The first-order valence-corrected chi connectivity index (χ1v) is 8.73. The van der Waals surface area contributed by atoms with Gasteiger partial charge in [-0.15, -0.1) is 0 Å². The molecular weight excluding hydrogens is 357 g/mol. The third-order valence-corrected chi connectivity index (χ3v) is 4.23. The van der Waals surface area contributed by atoms with E-state index in [0.29, 0.717) is 17.0 Å². The van der Waals surface area contributed by atoms with Gasteiger partial charge in [-0.1, -0.05) is 59.8 Å². The molecular formula is C23H16FNO3. The fraction of sp³-hybridized carbons (Fsp3) is 0.0435. The predicted molar refractivity (Wildman–Crippen MR) is 104 cm³/mol. The van der Waals surface area contributed by atoms with E-state index in [1.165, 1.54) is 12.1 Å². The first-order valence-electron chi connectivity index (χ1n) is 8.73. The maximum absolute atomic E-state index is 13.2. The number of ether oxygens (including phenoxy) is 1. The number of carbonyl (C=O) groups is 1. The largest absolute Gasteiger partial charge is 0.489 e. The van der Waals surface area contributed by atoms with Gasteiger partial charge in [0.15, 0.2) is 0 Å². The topological polar surface area (TPSA) is 47.9 Å². The molecule has 3 aromatic rings. The van der Waals surface area contributed by atoms with Gasteiger partial charge in [0, 0.05) is 5.56 Å². The zero-order chi connectivity index (χ0) is 19.3. The minimum absolute atomic E-state index is 0.273. The van der Waals surface area contributed by atoms with Crippen LogP contribution in [0.1, 0.15) is 16.7 Å². The predicted octanol–water partition coefficient (Wildman–Crippen LogP) is 4.75. The van der Waals surface area contributed by atoms with Crippen LogP contribution in [-0.2, 0) is 16.2 Å². The molecule has 0 unspecified atom stereocenters. The molecule has 0 saturated carbocycles. The highest BCUT2D eigenvalue weighted by Crippen LogP contribution is 2.22. The van der Waals surface area contributed by atoms with Crippen molar-refractivity contribution in [2.75, 3.05) is 0 Å². The summed E-state index contributed by atoms with van der Waals surface area (Å²) in [6.45, 7) is 0.273. The van der Waals surface area contributed by atoms with Crippen LogP contribution in [0.15, 0.2) is 89.6 Å². The molecule has 0 atom stereocenters. The lowest BCUT2D eigenvalue weighted by molar-refractivity contribution is -0.136. The lowest BCUT2D eigenvalue weighted by atomic mass is 10.0. The van der Waals surface area contributed by atoms with Crippen molar-refractivity contribution in [1.82, 2.24) is 0 Å². The van der Waals surface area contributed by atoms with E-state index in [2.05, 4.69) is 5.16 Å². The maximum atomic E-state index is 13.2. The molecule has 0 spiro atoms. The molecule has 3 aromatic carbocycles. The molecule has 5 heteroatoms. The van der Waals surface area contributed by atoms with Crippen LogP contribution in [0.2, 0.25) is 0 Å². The fourth-order valence-corrected chi connectivity index (χ4v) is 2.83. The van der Waals surface area contributed by atoms with Crippen molar-refractivity contribution >= 4 is 17.8 Å². The fourth-order valence-electron chi connectivity index (χ4n) is 2.83. The van der Waals surface area contributed by atoms with Crippen LogP contribution in [0.5, 0.6) is 5.75 Å². The Morgan fingerprint density at radius 2 is 1.75 bits per heavy atom. The summed E-state index contributed by atoms with van der Waals surface area (Å²) in [4.78, 5) is 16.9. The third kappa shape index (κ3) is 3.99. The van der Waals surface area contributed by atoms with Crippen LogP contribution < -0.4 is 4.74 Å². The smallest absolute Gasteiger partial charge is 0.368 e. The second-order valence-electron chi connectivity index (χ2n) is 6.23. The van der Waals surface area contributed by atoms with Gasteiger partial charge in [-0.3, -0.25) is 0 Å². The van der Waals surface area contributed by atoms with Crippen molar-refractivity contribution in [2.24, 2.45) is 5.16 Å². The van der Waals surface area contributed by atoms with Gasteiger partial charge in [0.05, 0.1) is 5.57 Å². The van der Waals surface area contributed by atoms with E-state index in [9.17, 15) is 9.18 Å². The van der Waals surface area contributed by atoms with Gasteiger partial charge in [-0.25, -0.2) is 9.18 Å². The van der Waals surface area contributed by atoms with Gasteiger partial charge >= 0.3 is 5.97 Å². The average Bonchev–Trinajstić information content (AvgIpc) is 3.08. The van der Waals surface area contributed by atoms with E-state index in [1.807, 2.05) is 42.5 Å². The number of halogens is 1. The van der Waals surface area contributed by atoms with Crippen LogP contribution >= 0.6 is 0 Å². The van der Waals surface area contributed by atoms with Crippen molar-refractivity contribution in [3.8, 4) is 5.75 Å². The van der Waals surface area contributed by atoms with Crippen molar-refractivity contribution in [1.29, 1.82) is 0 Å². The van der Waals surface area contributed by atoms with Crippen LogP contribution in [0, 0.1) is 5.82 Å². The van der Waals surface area contributed by atoms with Crippen LogP contribution in [0.4, 0.5) is 4.39 Å². The van der Waals surface area contributed by atoms with Gasteiger partial charge in [0.2, 0.25) is 0 Å². The molecule has 4 nitrogen and oxygen atoms in total. The number of rotatable bonds is 5. The van der Waals surface area contributed by atoms with E-state index in [1.54, 1.807) is 30.3 Å². The summed E-state index contributed by atoms with van der Waals surface area (Å²) >= 11 is 0. The average molecular weight is 373 g/mol. The molecule has 0 fully saturated rings. The van der Waals surface area contributed by atoms with Gasteiger partial charge in [-0.05, 0) is 41.5 Å². The first kappa shape index (κ1) is 17.7. The van der Waals surface area contributed by atoms with Crippen molar-refractivity contribution in [2.45, 2.75) is 6.61 Å². The highest BCUT2D eigenvalue weighted by atomic mass is 19.1. The molecule has 0 bridgehead atoms. The number of nitrogens with zero attached hydrogens (tertiary/aromatic N) is 1. The van der Waals surface area contributed by atoms with Crippen molar-refractivity contribution in [3.05, 3.63) is 107 Å². The molecule has 0 saturated heterocycles. The second kappa shape index (κ2) is 7.88. The number of benzene rings is 3. The van der Waals surface area contributed by atoms with Crippen molar-refractivity contribution in [3.63, 3.8) is 0 Å². The Bertz CT molecular complexity index is 1060. The summed E-state index contributed by atoms with van der Waals surface area (Å²) in [5, 5.41) is 3.90. The molecule has 0 aromatic heterocycles. The van der Waals surface area contributed by atoms with Crippen LogP contribution in [-0.4, -0.2) is 11.7 Å². The molecule has 0 radical (unpaired) electrons. The summed E-state index contributed by atoms with van der Waals surface area (Å²) in [6.07, 6.45) is 1.73. The summed E-state index contributed by atoms with van der Waals surface area (Å²) in [6, 6.07) is 23.0. The molecule has 1 heterocycles. The normalized spacial score (nSPS) is 14.7. The Morgan fingerprint density at radius 3 is 2.50 bits per heavy atom. The molecule has 0 amide bonds. The molecule has 138 valence electrons. The molecule has 0 aliphatic carbocycles. The Kier molecular flexibility index (Phi) is 4.97. The number of oxime groups is 1. The third-order valence-electron chi connectivity index (χ3n) is 4.23. The molecule has 1 aliphatic rings. The summed E-state index contributed by atoms with van der Waals surface area (Å²) < 4.78 is 18.9. The van der Waals surface area contributed by atoms with Gasteiger partial charge < -0.3 is 9.57 Å². The second-order valence-corrected chi connectivity index (χ2v) is 6.23. The maximum Gasteiger partial charge on any atom is 0.368 e.